The number of aliphatic hydroxyl groups is 1. The maximum atomic E-state index is 10.4. The molecule has 2 fully saturated rings. The summed E-state index contributed by atoms with van der Waals surface area (Å²) in [6.07, 6.45) is 3.90. The average Bonchev–Trinajstić information content (AvgIpc) is 3.29. The summed E-state index contributed by atoms with van der Waals surface area (Å²) in [7, 11) is 3.54. The molecular formula is C23H33N3O4. The lowest BCUT2D eigenvalue weighted by Gasteiger charge is -2.25. The van der Waals surface area contributed by atoms with Crippen molar-refractivity contribution in [2.24, 2.45) is 0 Å². The quantitative estimate of drug-likeness (QED) is 0.686. The van der Waals surface area contributed by atoms with Crippen LogP contribution in [-0.4, -0.2) is 74.7 Å². The van der Waals surface area contributed by atoms with E-state index in [0.29, 0.717) is 24.0 Å². The molecule has 0 unspecified atom stereocenters. The molecule has 1 aromatic carbocycles. The first-order valence-corrected chi connectivity index (χ1v) is 11.0. The van der Waals surface area contributed by atoms with Gasteiger partial charge in [-0.2, -0.15) is 0 Å². The molecule has 30 heavy (non-hydrogen) atoms. The maximum absolute atomic E-state index is 10.4. The number of pyridine rings is 1. The number of nitrogens with zero attached hydrogens (tertiary/aromatic N) is 2. The van der Waals surface area contributed by atoms with Crippen molar-refractivity contribution in [1.29, 1.82) is 0 Å². The Labute approximate surface area is 178 Å². The van der Waals surface area contributed by atoms with Crippen LogP contribution in [0, 0.1) is 0 Å². The summed E-state index contributed by atoms with van der Waals surface area (Å²) < 4.78 is 17.2. The Kier molecular flexibility index (Phi) is 6.92. The van der Waals surface area contributed by atoms with Crippen LogP contribution in [0.3, 0.4) is 0 Å². The second kappa shape index (κ2) is 9.81. The number of aliphatic hydroxyl groups excluding tert-OH is 1. The van der Waals surface area contributed by atoms with Gasteiger partial charge in [0, 0.05) is 38.3 Å². The van der Waals surface area contributed by atoms with Gasteiger partial charge in [0.25, 0.3) is 0 Å². The highest BCUT2D eigenvalue weighted by atomic mass is 16.5. The third-order valence-electron chi connectivity index (χ3n) is 6.14. The van der Waals surface area contributed by atoms with Crippen LogP contribution in [-0.2, 0) is 4.74 Å². The number of ether oxygens (including phenoxy) is 3. The minimum absolute atomic E-state index is 0.233. The Morgan fingerprint density at radius 1 is 1.20 bits per heavy atom. The first kappa shape index (κ1) is 21.2. The number of hydrogen-bond donors (Lipinski definition) is 2. The van der Waals surface area contributed by atoms with Crippen molar-refractivity contribution in [3.8, 4) is 11.5 Å². The standard InChI is InChI=1S/C23H33N3O4/c1-24-23-12-18(16-5-9-29-10-6-16)19-11-21(28-2)22(13-20(19)25-23)30-15-17(27)14-26-7-3-4-8-26/h11-13,16-17,27H,3-10,14-15H2,1-2H3,(H,24,25)/t17-/m1/s1. The summed E-state index contributed by atoms with van der Waals surface area (Å²) in [6.45, 7) is 4.57. The summed E-state index contributed by atoms with van der Waals surface area (Å²) in [5.74, 6) is 2.57. The maximum Gasteiger partial charge on any atom is 0.163 e. The molecule has 2 aliphatic rings. The Bertz CT molecular complexity index is 848. The van der Waals surface area contributed by atoms with Crippen LogP contribution in [0.1, 0.15) is 37.2 Å². The van der Waals surface area contributed by atoms with Gasteiger partial charge < -0.3 is 29.5 Å². The normalized spacial score (nSPS) is 19.2. The molecule has 2 aromatic rings. The van der Waals surface area contributed by atoms with Crippen molar-refractivity contribution in [3.05, 3.63) is 23.8 Å². The highest BCUT2D eigenvalue weighted by Crippen LogP contribution is 2.39. The second-order valence-corrected chi connectivity index (χ2v) is 8.23. The van der Waals surface area contributed by atoms with Crippen LogP contribution in [0.5, 0.6) is 11.5 Å². The zero-order chi connectivity index (χ0) is 20.9. The Hall–Kier alpha value is -2.09. The van der Waals surface area contributed by atoms with Crippen molar-refractivity contribution < 1.29 is 19.3 Å². The molecule has 0 spiro atoms. The van der Waals surface area contributed by atoms with E-state index in [1.165, 1.54) is 18.4 Å². The molecule has 0 aliphatic carbocycles. The highest BCUT2D eigenvalue weighted by Gasteiger charge is 2.22. The molecule has 3 heterocycles. The van der Waals surface area contributed by atoms with Crippen molar-refractivity contribution in [3.63, 3.8) is 0 Å². The predicted octanol–water partition coefficient (Wildman–Crippen LogP) is 3.01. The van der Waals surface area contributed by atoms with Gasteiger partial charge in [-0.05, 0) is 62.4 Å². The number of β-amino-alcohol motifs (C(OH)–C–C–N with tert-alkyl or cyclic N) is 1. The van der Waals surface area contributed by atoms with Gasteiger partial charge >= 0.3 is 0 Å². The minimum atomic E-state index is -0.530. The Morgan fingerprint density at radius 2 is 1.97 bits per heavy atom. The van der Waals surface area contributed by atoms with E-state index < -0.39 is 6.10 Å². The van der Waals surface area contributed by atoms with Crippen LogP contribution in [0.4, 0.5) is 5.82 Å². The molecule has 0 amide bonds. The van der Waals surface area contributed by atoms with Gasteiger partial charge in [-0.3, -0.25) is 0 Å². The summed E-state index contributed by atoms with van der Waals surface area (Å²) in [5.41, 5.74) is 2.14. The number of hydrogen-bond acceptors (Lipinski definition) is 7. The molecule has 164 valence electrons. The van der Waals surface area contributed by atoms with Crippen LogP contribution in [0.2, 0.25) is 0 Å². The molecule has 0 saturated carbocycles. The molecule has 2 N–H and O–H groups in total. The molecule has 1 aromatic heterocycles. The van der Waals surface area contributed by atoms with Crippen molar-refractivity contribution in [2.75, 3.05) is 58.9 Å². The van der Waals surface area contributed by atoms with Crippen molar-refractivity contribution in [1.82, 2.24) is 9.88 Å². The van der Waals surface area contributed by atoms with Gasteiger partial charge in [0.2, 0.25) is 0 Å². The Morgan fingerprint density at radius 3 is 2.67 bits per heavy atom. The van der Waals surface area contributed by atoms with Crippen LogP contribution in [0.15, 0.2) is 18.2 Å². The number of nitrogens with one attached hydrogen (secondary N) is 1. The second-order valence-electron chi connectivity index (χ2n) is 8.23. The van der Waals surface area contributed by atoms with Gasteiger partial charge in [-0.25, -0.2) is 4.98 Å². The third kappa shape index (κ3) is 4.79. The van der Waals surface area contributed by atoms with Crippen LogP contribution >= 0.6 is 0 Å². The predicted molar refractivity (Wildman–Crippen MR) is 118 cm³/mol. The molecule has 4 rings (SSSR count). The first-order chi connectivity index (χ1) is 14.7. The molecule has 0 radical (unpaired) electrons. The topological polar surface area (TPSA) is 76.1 Å². The van der Waals surface area contributed by atoms with E-state index in [4.69, 9.17) is 19.2 Å². The number of fused-ring (bicyclic) bond motifs is 1. The van der Waals surface area contributed by atoms with Gasteiger partial charge in [0.05, 0.1) is 12.6 Å². The molecule has 7 nitrogen and oxygen atoms in total. The molecule has 0 bridgehead atoms. The van der Waals surface area contributed by atoms with E-state index in [2.05, 4.69) is 16.3 Å². The molecule has 2 saturated heterocycles. The highest BCUT2D eigenvalue weighted by molar-refractivity contribution is 5.88. The lowest BCUT2D eigenvalue weighted by molar-refractivity contribution is 0.0747. The fraction of sp³-hybridized carbons (Fsp3) is 0.609. The number of likely N-dealkylation sites (tertiary alicyclic amines) is 1. The Balaban J connectivity index is 1.58. The number of aromatic nitrogens is 1. The lowest BCUT2D eigenvalue weighted by atomic mass is 9.89. The first-order valence-electron chi connectivity index (χ1n) is 11.0. The molecular weight excluding hydrogens is 382 g/mol. The fourth-order valence-electron chi connectivity index (χ4n) is 4.51. The third-order valence-corrected chi connectivity index (χ3v) is 6.14. The smallest absolute Gasteiger partial charge is 0.163 e. The van der Waals surface area contributed by atoms with E-state index in [0.717, 1.165) is 55.9 Å². The average molecular weight is 416 g/mol. The van der Waals surface area contributed by atoms with Gasteiger partial charge in [-0.15, -0.1) is 0 Å². The molecule has 7 heteroatoms. The summed E-state index contributed by atoms with van der Waals surface area (Å²) >= 11 is 0. The number of benzene rings is 1. The van der Waals surface area contributed by atoms with Gasteiger partial charge in [0.1, 0.15) is 18.5 Å². The molecule has 1 atom stereocenters. The van der Waals surface area contributed by atoms with Crippen LogP contribution in [0.25, 0.3) is 10.9 Å². The van der Waals surface area contributed by atoms with Crippen LogP contribution < -0.4 is 14.8 Å². The number of rotatable bonds is 8. The largest absolute Gasteiger partial charge is 0.493 e. The SMILES string of the molecule is CNc1cc(C2CCOCC2)c2cc(OC)c(OC[C@H](O)CN3CCCC3)cc2n1. The number of methoxy groups -OCH3 is 1. The minimum Gasteiger partial charge on any atom is -0.493 e. The zero-order valence-electron chi connectivity index (χ0n) is 18.0. The summed E-state index contributed by atoms with van der Waals surface area (Å²) in [6, 6.07) is 6.09. The van der Waals surface area contributed by atoms with Crippen molar-refractivity contribution >= 4 is 16.7 Å². The van der Waals surface area contributed by atoms with E-state index in [-0.39, 0.29) is 6.61 Å². The molecule has 2 aliphatic heterocycles. The lowest BCUT2D eigenvalue weighted by Crippen LogP contribution is -2.33. The van der Waals surface area contributed by atoms with Gasteiger partial charge in [-0.1, -0.05) is 0 Å². The summed E-state index contributed by atoms with van der Waals surface area (Å²) in [5, 5.41) is 14.7. The van der Waals surface area contributed by atoms with E-state index in [1.54, 1.807) is 7.11 Å². The summed E-state index contributed by atoms with van der Waals surface area (Å²) in [4.78, 5) is 7.03. The van der Waals surface area contributed by atoms with Crippen molar-refractivity contribution in [2.45, 2.75) is 37.7 Å². The van der Waals surface area contributed by atoms with E-state index >= 15 is 0 Å². The zero-order valence-corrected chi connectivity index (χ0v) is 18.0. The van der Waals surface area contributed by atoms with E-state index in [1.807, 2.05) is 19.2 Å². The monoisotopic (exact) mass is 415 g/mol. The van der Waals surface area contributed by atoms with Gasteiger partial charge in [0.15, 0.2) is 11.5 Å². The number of anilines is 1. The fourth-order valence-corrected chi connectivity index (χ4v) is 4.51. The van der Waals surface area contributed by atoms with E-state index in [9.17, 15) is 5.11 Å².